The number of rotatable bonds is 6. The van der Waals surface area contributed by atoms with Gasteiger partial charge in [-0.1, -0.05) is 25.1 Å². The molecule has 4 aromatic rings. The molecule has 1 amide bonds. The number of carbonyl (C=O) groups is 1. The number of carbonyl (C=O) groups excluding carboxylic acids is 1. The molecule has 158 valence electrons. The monoisotopic (exact) mass is 451 g/mol. The lowest BCUT2D eigenvalue weighted by Gasteiger charge is -2.11. The smallest absolute Gasteiger partial charge is 0.257 e. The highest BCUT2D eigenvalue weighted by Gasteiger charge is 2.19. The number of amides is 1. The quantitative estimate of drug-likeness (QED) is 0.420. The van der Waals surface area contributed by atoms with Crippen LogP contribution in [0.1, 0.15) is 28.5 Å². The molecule has 0 aliphatic carbocycles. The van der Waals surface area contributed by atoms with Crippen LogP contribution < -0.4 is 10.9 Å². The van der Waals surface area contributed by atoms with E-state index in [0.29, 0.717) is 34.8 Å². The molecule has 4 rings (SSSR count). The zero-order valence-corrected chi connectivity index (χ0v) is 18.9. The maximum Gasteiger partial charge on any atom is 0.257 e. The lowest BCUT2D eigenvalue weighted by Crippen LogP contribution is -2.22. The lowest BCUT2D eigenvalue weighted by molar-refractivity contribution is 0.102. The predicted molar refractivity (Wildman–Crippen MR) is 126 cm³/mol. The minimum absolute atomic E-state index is 0.205. The SMILES string of the molecule is CCc1c(C)nc(-n2nc(-c3cccs3)cc2NC(=O)c2ccccc2SC)[nH]c1=O. The topological polar surface area (TPSA) is 92.7 Å². The van der Waals surface area contributed by atoms with E-state index >= 15 is 0 Å². The molecule has 31 heavy (non-hydrogen) atoms. The third-order valence-corrected chi connectivity index (χ3v) is 6.53. The van der Waals surface area contributed by atoms with Crippen LogP contribution in [0.3, 0.4) is 0 Å². The first-order valence-electron chi connectivity index (χ1n) is 9.70. The van der Waals surface area contributed by atoms with Gasteiger partial charge < -0.3 is 5.32 Å². The number of hydrogen-bond acceptors (Lipinski definition) is 6. The summed E-state index contributed by atoms with van der Waals surface area (Å²) < 4.78 is 1.47. The van der Waals surface area contributed by atoms with Crippen molar-refractivity contribution in [2.45, 2.75) is 25.2 Å². The van der Waals surface area contributed by atoms with Crippen LogP contribution in [-0.4, -0.2) is 31.9 Å². The molecular formula is C22H21N5O2S2. The van der Waals surface area contributed by atoms with Crippen LogP contribution in [-0.2, 0) is 6.42 Å². The van der Waals surface area contributed by atoms with Gasteiger partial charge in [0.15, 0.2) is 0 Å². The van der Waals surface area contributed by atoms with Crippen molar-refractivity contribution in [1.82, 2.24) is 19.7 Å². The first kappa shape index (κ1) is 21.1. The summed E-state index contributed by atoms with van der Waals surface area (Å²) in [6, 6.07) is 13.1. The number of H-pyrrole nitrogens is 1. The number of benzene rings is 1. The third kappa shape index (κ3) is 4.19. The summed E-state index contributed by atoms with van der Waals surface area (Å²) in [4.78, 5) is 34.7. The van der Waals surface area contributed by atoms with Gasteiger partial charge in [0.25, 0.3) is 11.5 Å². The Bertz CT molecular complexity index is 1290. The van der Waals surface area contributed by atoms with Crippen molar-refractivity contribution in [2.75, 3.05) is 11.6 Å². The summed E-state index contributed by atoms with van der Waals surface area (Å²) in [5.74, 6) is 0.431. The second kappa shape index (κ2) is 8.91. The van der Waals surface area contributed by atoms with Gasteiger partial charge >= 0.3 is 0 Å². The van der Waals surface area contributed by atoms with Crippen LogP contribution in [0, 0.1) is 6.92 Å². The highest BCUT2D eigenvalue weighted by molar-refractivity contribution is 7.98. The van der Waals surface area contributed by atoms with E-state index in [1.165, 1.54) is 16.4 Å². The number of thioether (sulfide) groups is 1. The van der Waals surface area contributed by atoms with Crippen molar-refractivity contribution < 1.29 is 4.79 Å². The second-order valence-electron chi connectivity index (χ2n) is 6.77. The molecule has 0 spiro atoms. The number of nitrogens with zero attached hydrogens (tertiary/aromatic N) is 3. The van der Waals surface area contributed by atoms with Crippen LogP contribution in [0.5, 0.6) is 0 Å². The van der Waals surface area contributed by atoms with Crippen LogP contribution in [0.4, 0.5) is 5.82 Å². The molecule has 0 radical (unpaired) electrons. The van der Waals surface area contributed by atoms with E-state index in [1.54, 1.807) is 30.4 Å². The average molecular weight is 452 g/mol. The maximum atomic E-state index is 13.1. The van der Waals surface area contributed by atoms with Crippen molar-refractivity contribution in [3.63, 3.8) is 0 Å². The summed E-state index contributed by atoms with van der Waals surface area (Å²) >= 11 is 3.05. The molecule has 0 atom stereocenters. The van der Waals surface area contributed by atoms with Gasteiger partial charge in [-0.2, -0.15) is 9.78 Å². The first-order valence-corrected chi connectivity index (χ1v) is 11.8. The maximum absolute atomic E-state index is 13.1. The molecule has 9 heteroatoms. The van der Waals surface area contributed by atoms with Crippen molar-refractivity contribution in [3.05, 3.63) is 75.0 Å². The molecule has 0 bridgehead atoms. The van der Waals surface area contributed by atoms with Gasteiger partial charge in [-0.3, -0.25) is 14.6 Å². The second-order valence-corrected chi connectivity index (χ2v) is 8.56. The Kier molecular flexibility index (Phi) is 6.06. The molecule has 0 saturated heterocycles. The van der Waals surface area contributed by atoms with Gasteiger partial charge in [0.05, 0.1) is 10.4 Å². The van der Waals surface area contributed by atoms with E-state index in [1.807, 2.05) is 48.9 Å². The Morgan fingerprint density at radius 3 is 2.74 bits per heavy atom. The molecular weight excluding hydrogens is 430 g/mol. The minimum atomic E-state index is -0.256. The van der Waals surface area contributed by atoms with Gasteiger partial charge in [-0.05, 0) is 43.2 Å². The fraction of sp³-hybridized carbons (Fsp3) is 0.182. The fourth-order valence-electron chi connectivity index (χ4n) is 3.30. The van der Waals surface area contributed by atoms with Gasteiger partial charge in [0.2, 0.25) is 5.95 Å². The number of nitrogens with one attached hydrogen (secondary N) is 2. The van der Waals surface area contributed by atoms with Gasteiger partial charge in [0.1, 0.15) is 11.5 Å². The molecule has 7 nitrogen and oxygen atoms in total. The Labute approximate surface area is 187 Å². The fourth-order valence-corrected chi connectivity index (χ4v) is 4.58. The Morgan fingerprint density at radius 2 is 2.06 bits per heavy atom. The largest absolute Gasteiger partial charge is 0.306 e. The number of aromatic amines is 1. The molecule has 3 heterocycles. The molecule has 0 aliphatic rings. The normalized spacial score (nSPS) is 10.9. The number of aryl methyl sites for hydroxylation is 1. The van der Waals surface area contributed by atoms with Crippen LogP contribution in [0.2, 0.25) is 0 Å². The van der Waals surface area contributed by atoms with E-state index in [4.69, 9.17) is 0 Å². The van der Waals surface area contributed by atoms with Gasteiger partial charge in [-0.25, -0.2) is 4.98 Å². The lowest BCUT2D eigenvalue weighted by atomic mass is 10.2. The molecule has 2 N–H and O–H groups in total. The van der Waals surface area contributed by atoms with E-state index in [0.717, 1.165) is 9.77 Å². The minimum Gasteiger partial charge on any atom is -0.306 e. The van der Waals surface area contributed by atoms with Gasteiger partial charge in [-0.15, -0.1) is 23.1 Å². The summed E-state index contributed by atoms with van der Waals surface area (Å²) in [6.07, 6.45) is 2.51. The Hall–Kier alpha value is -3.17. The summed E-state index contributed by atoms with van der Waals surface area (Å²) in [5.41, 5.74) is 2.32. The zero-order chi connectivity index (χ0) is 22.0. The van der Waals surface area contributed by atoms with E-state index < -0.39 is 0 Å². The molecule has 0 unspecified atom stereocenters. The molecule has 0 aliphatic heterocycles. The van der Waals surface area contributed by atoms with Crippen LogP contribution in [0.25, 0.3) is 16.5 Å². The predicted octanol–water partition coefficient (Wildman–Crippen LogP) is 4.53. The van der Waals surface area contributed by atoms with Crippen LogP contribution in [0.15, 0.2) is 57.5 Å². The number of hydrogen-bond donors (Lipinski definition) is 2. The number of thiophene rings is 1. The van der Waals surface area contributed by atoms with Crippen LogP contribution >= 0.6 is 23.1 Å². The molecule has 0 fully saturated rings. The first-order chi connectivity index (χ1) is 15.0. The number of anilines is 1. The molecule has 1 aromatic carbocycles. The summed E-state index contributed by atoms with van der Waals surface area (Å²) in [5, 5.41) is 9.53. The molecule has 0 saturated carbocycles. The van der Waals surface area contributed by atoms with Crippen molar-refractivity contribution >= 4 is 34.8 Å². The summed E-state index contributed by atoms with van der Waals surface area (Å²) in [6.45, 7) is 3.71. The highest BCUT2D eigenvalue weighted by Crippen LogP contribution is 2.28. The van der Waals surface area contributed by atoms with E-state index in [9.17, 15) is 9.59 Å². The van der Waals surface area contributed by atoms with Gasteiger partial charge in [0, 0.05) is 22.2 Å². The van der Waals surface area contributed by atoms with Crippen molar-refractivity contribution in [3.8, 4) is 16.5 Å². The number of aromatic nitrogens is 4. The van der Waals surface area contributed by atoms with E-state index in [2.05, 4.69) is 20.4 Å². The zero-order valence-electron chi connectivity index (χ0n) is 17.3. The van der Waals surface area contributed by atoms with Crippen molar-refractivity contribution in [1.29, 1.82) is 0 Å². The Morgan fingerprint density at radius 1 is 1.26 bits per heavy atom. The average Bonchev–Trinajstić information content (AvgIpc) is 3.43. The van der Waals surface area contributed by atoms with Crippen molar-refractivity contribution in [2.24, 2.45) is 0 Å². The van der Waals surface area contributed by atoms with E-state index in [-0.39, 0.29) is 17.4 Å². The summed E-state index contributed by atoms with van der Waals surface area (Å²) in [7, 11) is 0. The third-order valence-electron chi connectivity index (χ3n) is 4.84. The highest BCUT2D eigenvalue weighted by atomic mass is 32.2. The standard InChI is InChI=1S/C22H21N5O2S2/c1-4-14-13(2)23-22(25-20(14)28)27-19(12-16(26-27)18-10-7-11-31-18)24-21(29)15-8-5-6-9-17(15)30-3/h5-12H,4H2,1-3H3,(H,24,29)(H,23,25,28). The Balaban J connectivity index is 1.80. The molecule has 3 aromatic heterocycles.